The van der Waals surface area contributed by atoms with E-state index in [9.17, 15) is 14.4 Å². The third-order valence-electron chi connectivity index (χ3n) is 4.43. The van der Waals surface area contributed by atoms with Crippen molar-refractivity contribution in [2.24, 2.45) is 14.1 Å². The van der Waals surface area contributed by atoms with E-state index in [2.05, 4.69) is 15.3 Å². The number of imidazole rings is 1. The van der Waals surface area contributed by atoms with Crippen LogP contribution in [-0.4, -0.2) is 29.4 Å². The predicted molar refractivity (Wildman–Crippen MR) is 104 cm³/mol. The van der Waals surface area contributed by atoms with Crippen LogP contribution in [0.2, 0.25) is 5.02 Å². The Kier molecular flexibility index (Phi) is 4.23. The normalized spacial score (nSPS) is 11.2. The molecule has 1 N–H and O–H groups in total. The SMILES string of the molecule is Cn1c(=O)c2ccc(C(=O)NCc3cn4cc(Cl)ccc4n3)nc2n(C)c1=O. The molecule has 1 amide bonds. The second kappa shape index (κ2) is 6.61. The highest BCUT2D eigenvalue weighted by Gasteiger charge is 2.14. The molecule has 4 rings (SSSR count). The zero-order valence-corrected chi connectivity index (χ0v) is 15.8. The molecule has 0 unspecified atom stereocenters. The van der Waals surface area contributed by atoms with Gasteiger partial charge in [0.05, 0.1) is 22.6 Å². The fourth-order valence-electron chi connectivity index (χ4n) is 2.94. The van der Waals surface area contributed by atoms with Gasteiger partial charge in [-0.1, -0.05) is 11.6 Å². The molecule has 9 nitrogen and oxygen atoms in total. The number of amides is 1. The molecular formula is C18H15ClN6O3. The molecular weight excluding hydrogens is 384 g/mol. The first-order chi connectivity index (χ1) is 13.3. The summed E-state index contributed by atoms with van der Waals surface area (Å²) in [6.07, 6.45) is 3.49. The Morgan fingerprint density at radius 1 is 1.07 bits per heavy atom. The van der Waals surface area contributed by atoms with Crippen LogP contribution in [0.5, 0.6) is 0 Å². The Hall–Kier alpha value is -3.46. The summed E-state index contributed by atoms with van der Waals surface area (Å²) in [5.41, 5.74) is 0.651. The van der Waals surface area contributed by atoms with Gasteiger partial charge < -0.3 is 9.72 Å². The van der Waals surface area contributed by atoms with Crippen molar-refractivity contribution < 1.29 is 4.79 Å². The van der Waals surface area contributed by atoms with Crippen molar-refractivity contribution in [1.29, 1.82) is 0 Å². The lowest BCUT2D eigenvalue weighted by Gasteiger charge is -2.08. The molecule has 0 radical (unpaired) electrons. The molecule has 0 aliphatic carbocycles. The van der Waals surface area contributed by atoms with Gasteiger partial charge in [0.25, 0.3) is 11.5 Å². The first kappa shape index (κ1) is 17.9. The Morgan fingerprint density at radius 2 is 1.86 bits per heavy atom. The Labute approximate surface area is 162 Å². The van der Waals surface area contributed by atoms with E-state index in [0.29, 0.717) is 16.4 Å². The van der Waals surface area contributed by atoms with Gasteiger partial charge in [-0.05, 0) is 24.3 Å². The van der Waals surface area contributed by atoms with Crippen molar-refractivity contribution in [1.82, 2.24) is 28.8 Å². The number of fused-ring (bicyclic) bond motifs is 2. The highest BCUT2D eigenvalue weighted by atomic mass is 35.5. The van der Waals surface area contributed by atoms with E-state index in [0.717, 1.165) is 4.57 Å². The van der Waals surface area contributed by atoms with Gasteiger partial charge in [-0.3, -0.25) is 18.7 Å². The number of aryl methyl sites for hydroxylation is 1. The van der Waals surface area contributed by atoms with E-state index < -0.39 is 17.2 Å². The van der Waals surface area contributed by atoms with Gasteiger partial charge in [0, 0.05) is 26.5 Å². The summed E-state index contributed by atoms with van der Waals surface area (Å²) in [5, 5.41) is 3.58. The molecule has 0 aliphatic heterocycles. The van der Waals surface area contributed by atoms with Crippen LogP contribution in [0.1, 0.15) is 16.2 Å². The maximum atomic E-state index is 12.5. The molecule has 4 aromatic heterocycles. The van der Waals surface area contributed by atoms with Crippen LogP contribution in [0, 0.1) is 0 Å². The standard InChI is InChI=1S/C18H15ClN6O3/c1-23-15-12(17(27)24(2)18(23)28)4-5-13(22-15)16(26)20-7-11-9-25-8-10(19)3-6-14(25)21-11/h3-6,8-9H,7H2,1-2H3,(H,20,26). The highest BCUT2D eigenvalue weighted by molar-refractivity contribution is 6.30. The Balaban J connectivity index is 1.61. The fraction of sp³-hybridized carbons (Fsp3) is 0.167. The lowest BCUT2D eigenvalue weighted by Crippen LogP contribution is -2.37. The van der Waals surface area contributed by atoms with Gasteiger partial charge in [0.1, 0.15) is 17.0 Å². The Bertz CT molecular complexity index is 1370. The minimum absolute atomic E-state index is 0.0996. The van der Waals surface area contributed by atoms with Crippen LogP contribution in [0.3, 0.4) is 0 Å². The number of carbonyl (C=O) groups is 1. The molecule has 4 heterocycles. The van der Waals surface area contributed by atoms with Crippen LogP contribution >= 0.6 is 11.6 Å². The molecule has 4 aromatic rings. The van der Waals surface area contributed by atoms with E-state index in [1.807, 2.05) is 0 Å². The predicted octanol–water partition coefficient (Wildman–Crippen LogP) is 0.863. The molecule has 0 saturated heterocycles. The zero-order chi connectivity index (χ0) is 20.0. The van der Waals surface area contributed by atoms with Crippen LogP contribution in [0.15, 0.2) is 46.2 Å². The summed E-state index contributed by atoms with van der Waals surface area (Å²) in [5.74, 6) is -0.440. The van der Waals surface area contributed by atoms with Crippen molar-refractivity contribution in [2.75, 3.05) is 0 Å². The fourth-order valence-corrected chi connectivity index (χ4v) is 3.11. The largest absolute Gasteiger partial charge is 0.345 e. The van der Waals surface area contributed by atoms with Crippen LogP contribution in [0.25, 0.3) is 16.7 Å². The average Bonchev–Trinajstić information content (AvgIpc) is 3.10. The van der Waals surface area contributed by atoms with Crippen molar-refractivity contribution in [3.05, 3.63) is 73.9 Å². The molecule has 28 heavy (non-hydrogen) atoms. The van der Waals surface area contributed by atoms with Crippen molar-refractivity contribution in [3.63, 3.8) is 0 Å². The number of halogens is 1. The van der Waals surface area contributed by atoms with E-state index in [1.54, 1.807) is 28.9 Å². The maximum absolute atomic E-state index is 12.5. The number of nitrogens with zero attached hydrogens (tertiary/aromatic N) is 5. The molecule has 10 heteroatoms. The second-order valence-corrected chi connectivity index (χ2v) is 6.74. The van der Waals surface area contributed by atoms with Crippen LogP contribution in [-0.2, 0) is 20.6 Å². The summed E-state index contributed by atoms with van der Waals surface area (Å²) in [4.78, 5) is 45.3. The smallest absolute Gasteiger partial charge is 0.332 e. The van der Waals surface area contributed by atoms with Gasteiger partial charge in [-0.25, -0.2) is 14.8 Å². The number of pyridine rings is 2. The molecule has 142 valence electrons. The number of carbonyl (C=O) groups excluding carboxylic acids is 1. The van der Waals surface area contributed by atoms with Gasteiger partial charge >= 0.3 is 5.69 Å². The topological polar surface area (TPSA) is 103 Å². The van der Waals surface area contributed by atoms with Crippen molar-refractivity contribution >= 4 is 34.2 Å². The number of hydrogen-bond acceptors (Lipinski definition) is 5. The number of aromatic nitrogens is 5. The minimum Gasteiger partial charge on any atom is -0.345 e. The third-order valence-corrected chi connectivity index (χ3v) is 4.65. The van der Waals surface area contributed by atoms with E-state index in [1.165, 1.54) is 30.8 Å². The Morgan fingerprint density at radius 3 is 2.64 bits per heavy atom. The summed E-state index contributed by atoms with van der Waals surface area (Å²) < 4.78 is 4.00. The van der Waals surface area contributed by atoms with Crippen LogP contribution in [0.4, 0.5) is 0 Å². The number of hydrogen-bond donors (Lipinski definition) is 1. The van der Waals surface area contributed by atoms with Gasteiger partial charge in [0.2, 0.25) is 0 Å². The molecule has 0 aliphatic rings. The molecule has 0 bridgehead atoms. The monoisotopic (exact) mass is 398 g/mol. The van der Waals surface area contributed by atoms with Gasteiger partial charge in [-0.15, -0.1) is 0 Å². The highest BCUT2D eigenvalue weighted by Crippen LogP contribution is 2.12. The lowest BCUT2D eigenvalue weighted by atomic mass is 10.2. The number of nitrogens with one attached hydrogen (secondary N) is 1. The number of rotatable bonds is 3. The van der Waals surface area contributed by atoms with Gasteiger partial charge in [-0.2, -0.15) is 0 Å². The first-order valence-electron chi connectivity index (χ1n) is 8.33. The molecule has 0 saturated carbocycles. The average molecular weight is 399 g/mol. The maximum Gasteiger partial charge on any atom is 0.332 e. The van der Waals surface area contributed by atoms with E-state index in [-0.39, 0.29) is 23.3 Å². The second-order valence-electron chi connectivity index (χ2n) is 6.30. The summed E-state index contributed by atoms with van der Waals surface area (Å²) in [6.45, 7) is 0.188. The quantitative estimate of drug-likeness (QED) is 0.551. The first-order valence-corrected chi connectivity index (χ1v) is 8.71. The summed E-state index contributed by atoms with van der Waals surface area (Å²) in [6, 6.07) is 6.46. The molecule has 0 aromatic carbocycles. The molecule has 0 atom stereocenters. The van der Waals surface area contributed by atoms with Crippen molar-refractivity contribution in [2.45, 2.75) is 6.54 Å². The van der Waals surface area contributed by atoms with Crippen molar-refractivity contribution in [3.8, 4) is 0 Å². The third kappa shape index (κ3) is 2.95. The lowest BCUT2D eigenvalue weighted by molar-refractivity contribution is 0.0945. The van der Waals surface area contributed by atoms with Gasteiger partial charge in [0.15, 0.2) is 0 Å². The zero-order valence-electron chi connectivity index (χ0n) is 15.0. The summed E-state index contributed by atoms with van der Waals surface area (Å²) in [7, 11) is 2.90. The van der Waals surface area contributed by atoms with Crippen LogP contribution < -0.4 is 16.6 Å². The molecule has 0 spiro atoms. The summed E-state index contributed by atoms with van der Waals surface area (Å²) >= 11 is 5.95. The van der Waals surface area contributed by atoms with E-state index >= 15 is 0 Å². The molecule has 0 fully saturated rings. The minimum atomic E-state index is -0.508. The van der Waals surface area contributed by atoms with E-state index in [4.69, 9.17) is 11.6 Å².